The Balaban J connectivity index is 2.11. The summed E-state index contributed by atoms with van der Waals surface area (Å²) in [7, 11) is 0.364. The summed E-state index contributed by atoms with van der Waals surface area (Å²) in [6.45, 7) is 5.78. The van der Waals surface area contributed by atoms with Gasteiger partial charge in [0.25, 0.3) is 0 Å². The van der Waals surface area contributed by atoms with E-state index >= 15 is 0 Å². The van der Waals surface area contributed by atoms with Gasteiger partial charge in [0, 0.05) is 18.4 Å². The molecular formula is C24H28O5P+. The summed E-state index contributed by atoms with van der Waals surface area (Å²) in [5.74, 6) is 0.412. The fraction of sp³-hybridized carbons (Fsp3) is 0.417. The number of Topliss-reactive ketones (excluding diaryl/α,β-unsaturated/α-hetero) is 1. The van der Waals surface area contributed by atoms with Crippen molar-refractivity contribution >= 4 is 19.1 Å². The van der Waals surface area contributed by atoms with Gasteiger partial charge in [-0.15, -0.1) is 0 Å². The van der Waals surface area contributed by atoms with Crippen LogP contribution in [0.2, 0.25) is 0 Å². The SMILES string of the molecule is COc1cccc(OC)c1C(=O)[P+](=O)C1(C(=O)c2c(C)cc(C)cc2C)CCCC1. The first kappa shape index (κ1) is 22.2. The molecule has 30 heavy (non-hydrogen) atoms. The van der Waals surface area contributed by atoms with Gasteiger partial charge in [-0.05, 0) is 56.9 Å². The fourth-order valence-corrected chi connectivity index (χ4v) is 6.44. The maximum Gasteiger partial charge on any atom is 0.434 e. The van der Waals surface area contributed by atoms with E-state index in [2.05, 4.69) is 0 Å². The summed E-state index contributed by atoms with van der Waals surface area (Å²) in [6.07, 6.45) is 2.42. The van der Waals surface area contributed by atoms with Crippen LogP contribution in [0.4, 0.5) is 0 Å². The molecule has 6 heteroatoms. The minimum atomic E-state index is -2.54. The Morgan fingerprint density at radius 2 is 1.40 bits per heavy atom. The van der Waals surface area contributed by atoms with Crippen LogP contribution in [0.15, 0.2) is 30.3 Å². The molecule has 3 rings (SSSR count). The lowest BCUT2D eigenvalue weighted by molar-refractivity contribution is 0.0929. The van der Waals surface area contributed by atoms with Crippen molar-refractivity contribution in [1.29, 1.82) is 0 Å². The van der Waals surface area contributed by atoms with Crippen molar-refractivity contribution in [3.8, 4) is 11.5 Å². The molecule has 1 atom stereocenters. The van der Waals surface area contributed by atoms with Gasteiger partial charge in [0.15, 0.2) is 5.56 Å². The quantitative estimate of drug-likeness (QED) is 0.413. The summed E-state index contributed by atoms with van der Waals surface area (Å²) in [6, 6.07) is 8.89. The van der Waals surface area contributed by atoms with Gasteiger partial charge >= 0.3 is 13.3 Å². The van der Waals surface area contributed by atoms with E-state index in [1.54, 1.807) is 18.2 Å². The summed E-state index contributed by atoms with van der Waals surface area (Å²) >= 11 is 0. The zero-order valence-corrected chi connectivity index (χ0v) is 19.1. The van der Waals surface area contributed by atoms with Gasteiger partial charge in [0.1, 0.15) is 11.5 Å². The molecule has 0 N–H and O–H groups in total. The van der Waals surface area contributed by atoms with Crippen molar-refractivity contribution in [3.63, 3.8) is 0 Å². The average Bonchev–Trinajstić information content (AvgIpc) is 3.22. The molecule has 0 spiro atoms. The molecule has 0 heterocycles. The van der Waals surface area contributed by atoms with Crippen LogP contribution in [0.1, 0.15) is 63.1 Å². The molecule has 1 unspecified atom stereocenters. The first-order valence-corrected chi connectivity index (χ1v) is 11.4. The number of benzene rings is 2. The molecule has 1 aliphatic carbocycles. The molecule has 0 aliphatic heterocycles. The zero-order chi connectivity index (χ0) is 22.1. The lowest BCUT2D eigenvalue weighted by Crippen LogP contribution is -2.35. The summed E-state index contributed by atoms with van der Waals surface area (Å²) in [5.41, 5.74) is 2.92. The number of carbonyl (C=O) groups excluding carboxylic acids is 2. The van der Waals surface area contributed by atoms with Gasteiger partial charge in [-0.25, -0.2) is 4.79 Å². The van der Waals surface area contributed by atoms with Crippen LogP contribution in [0, 0.1) is 20.8 Å². The molecule has 0 radical (unpaired) electrons. The van der Waals surface area contributed by atoms with Crippen molar-refractivity contribution in [3.05, 3.63) is 58.1 Å². The second-order valence-corrected chi connectivity index (χ2v) is 9.83. The third-order valence-corrected chi connectivity index (χ3v) is 7.99. The Hall–Kier alpha value is -2.52. The second kappa shape index (κ2) is 8.69. The smallest absolute Gasteiger partial charge is 0.434 e. The van der Waals surface area contributed by atoms with Crippen molar-refractivity contribution in [2.75, 3.05) is 14.2 Å². The maximum atomic E-state index is 13.8. The van der Waals surface area contributed by atoms with Crippen LogP contribution in [0.3, 0.4) is 0 Å². The molecule has 1 aliphatic rings. The van der Waals surface area contributed by atoms with Crippen LogP contribution < -0.4 is 9.47 Å². The Morgan fingerprint density at radius 3 is 1.87 bits per heavy atom. The Morgan fingerprint density at radius 1 is 0.900 bits per heavy atom. The zero-order valence-electron chi connectivity index (χ0n) is 18.2. The Labute approximate surface area is 178 Å². The van der Waals surface area contributed by atoms with E-state index in [1.165, 1.54) is 14.2 Å². The van der Waals surface area contributed by atoms with E-state index < -0.39 is 18.5 Å². The molecule has 5 nitrogen and oxygen atoms in total. The Kier molecular flexibility index (Phi) is 6.42. The number of methoxy groups -OCH3 is 2. The minimum absolute atomic E-state index is 0.139. The van der Waals surface area contributed by atoms with Gasteiger partial charge in [-0.1, -0.05) is 28.3 Å². The van der Waals surface area contributed by atoms with E-state index in [-0.39, 0.29) is 11.3 Å². The highest BCUT2D eigenvalue weighted by Crippen LogP contribution is 2.55. The van der Waals surface area contributed by atoms with E-state index in [1.807, 2.05) is 32.9 Å². The maximum absolute atomic E-state index is 13.8. The predicted molar refractivity (Wildman–Crippen MR) is 118 cm³/mol. The molecule has 0 aromatic heterocycles. The summed E-state index contributed by atoms with van der Waals surface area (Å²) < 4.78 is 24.4. The van der Waals surface area contributed by atoms with Gasteiger partial charge in [0.2, 0.25) is 10.9 Å². The number of hydrogen-bond acceptors (Lipinski definition) is 5. The average molecular weight is 427 g/mol. The number of hydrogen-bond donors (Lipinski definition) is 0. The molecule has 158 valence electrons. The molecule has 2 aromatic rings. The summed E-state index contributed by atoms with van der Waals surface area (Å²) in [5, 5.41) is -1.19. The topological polar surface area (TPSA) is 69.7 Å². The lowest BCUT2D eigenvalue weighted by atomic mass is 9.88. The lowest BCUT2D eigenvalue weighted by Gasteiger charge is -2.20. The van der Waals surface area contributed by atoms with Crippen molar-refractivity contribution in [1.82, 2.24) is 0 Å². The van der Waals surface area contributed by atoms with Crippen LogP contribution in [0.5, 0.6) is 11.5 Å². The second-order valence-electron chi connectivity index (χ2n) is 7.98. The molecule has 0 bridgehead atoms. The third-order valence-electron chi connectivity index (χ3n) is 5.97. The Bertz CT molecular complexity index is 973. The van der Waals surface area contributed by atoms with Crippen molar-refractivity contribution in [2.45, 2.75) is 51.6 Å². The van der Waals surface area contributed by atoms with Gasteiger partial charge in [0.05, 0.1) is 14.2 Å². The minimum Gasteiger partial charge on any atom is -0.496 e. The first-order chi connectivity index (χ1) is 14.3. The van der Waals surface area contributed by atoms with Crippen LogP contribution in [-0.4, -0.2) is 30.7 Å². The molecule has 1 saturated carbocycles. The third kappa shape index (κ3) is 3.67. The van der Waals surface area contributed by atoms with Gasteiger partial charge in [-0.3, -0.25) is 4.79 Å². The molecular weight excluding hydrogens is 399 g/mol. The number of carbonyl (C=O) groups is 2. The number of ketones is 1. The normalized spacial score (nSPS) is 15.6. The monoisotopic (exact) mass is 427 g/mol. The highest BCUT2D eigenvalue weighted by atomic mass is 31.1. The van der Waals surface area contributed by atoms with E-state index in [4.69, 9.17) is 9.47 Å². The van der Waals surface area contributed by atoms with Crippen molar-refractivity contribution in [2.24, 2.45) is 0 Å². The molecule has 0 amide bonds. The number of ether oxygens (including phenoxy) is 2. The largest absolute Gasteiger partial charge is 0.496 e. The van der Waals surface area contributed by atoms with Crippen molar-refractivity contribution < 1.29 is 23.6 Å². The molecule has 1 fully saturated rings. The predicted octanol–water partition coefficient (Wildman–Crippen LogP) is 5.79. The fourth-order valence-electron chi connectivity index (χ4n) is 4.61. The first-order valence-electron chi connectivity index (χ1n) is 10.1. The number of rotatable bonds is 7. The highest BCUT2D eigenvalue weighted by molar-refractivity contribution is 7.67. The van der Waals surface area contributed by atoms with Crippen LogP contribution >= 0.6 is 7.80 Å². The van der Waals surface area contributed by atoms with E-state index in [9.17, 15) is 14.2 Å². The van der Waals surface area contributed by atoms with Crippen LogP contribution in [-0.2, 0) is 4.57 Å². The van der Waals surface area contributed by atoms with E-state index in [0.717, 1.165) is 29.5 Å². The van der Waals surface area contributed by atoms with Gasteiger partial charge in [-0.2, -0.15) is 0 Å². The number of aryl methyl sites for hydroxylation is 3. The molecule has 2 aromatic carbocycles. The van der Waals surface area contributed by atoms with Gasteiger partial charge < -0.3 is 9.47 Å². The standard InChI is InChI=1S/C24H28O5P/c1-15-13-16(2)20(17(3)14-15)22(25)24(11-6-7-12-24)30(27)23(26)21-18(28-4)9-8-10-19(21)29-5/h8-10,13-14H,6-7,11-12H2,1-5H3/q+1. The van der Waals surface area contributed by atoms with E-state index in [0.29, 0.717) is 29.9 Å². The van der Waals surface area contributed by atoms with Crippen LogP contribution in [0.25, 0.3) is 0 Å². The highest BCUT2D eigenvalue weighted by Gasteiger charge is 2.62. The summed E-state index contributed by atoms with van der Waals surface area (Å²) in [4.78, 5) is 27.3. The molecule has 0 saturated heterocycles.